The number of nitrogens with zero attached hydrogens (tertiary/aromatic N) is 2. The van der Waals surface area contributed by atoms with Crippen LogP contribution < -0.4 is 5.32 Å². The minimum Gasteiger partial charge on any atom is -0.381 e. The van der Waals surface area contributed by atoms with E-state index in [2.05, 4.69) is 69.7 Å². The molecule has 0 aliphatic heterocycles. The van der Waals surface area contributed by atoms with Crippen LogP contribution in [0.5, 0.6) is 0 Å². The number of allylic oxidation sites excluding steroid dienone is 1. The Kier molecular flexibility index (Phi) is 5.76. The first-order valence-corrected chi connectivity index (χ1v) is 8.76. The van der Waals surface area contributed by atoms with Crippen LogP contribution in [-0.4, -0.2) is 16.0 Å². The molecule has 3 nitrogen and oxygen atoms in total. The fourth-order valence-electron chi connectivity index (χ4n) is 2.71. The minimum absolute atomic E-state index is 0.354. The monoisotopic (exact) mass is 323 g/mol. The SMILES string of the molecule is C=C(C)c1nc(-c2ccc(C(C)C)nc2)c(CC)cc1NC(C)C. The first kappa shape index (κ1) is 18.2. The van der Waals surface area contributed by atoms with Crippen molar-refractivity contribution in [3.8, 4) is 11.3 Å². The van der Waals surface area contributed by atoms with E-state index in [1.54, 1.807) is 0 Å². The average Bonchev–Trinajstić information content (AvgIpc) is 2.53. The fraction of sp³-hybridized carbons (Fsp3) is 0.429. The lowest BCUT2D eigenvalue weighted by atomic mass is 10.0. The van der Waals surface area contributed by atoms with E-state index in [1.165, 1.54) is 5.56 Å². The summed E-state index contributed by atoms with van der Waals surface area (Å²) < 4.78 is 0. The Morgan fingerprint density at radius 3 is 2.38 bits per heavy atom. The van der Waals surface area contributed by atoms with Gasteiger partial charge in [0.25, 0.3) is 0 Å². The zero-order chi connectivity index (χ0) is 17.9. The van der Waals surface area contributed by atoms with Crippen molar-refractivity contribution in [2.24, 2.45) is 0 Å². The van der Waals surface area contributed by atoms with Crippen LogP contribution in [0.15, 0.2) is 31.0 Å². The second kappa shape index (κ2) is 7.61. The lowest BCUT2D eigenvalue weighted by molar-refractivity contribution is 0.823. The molecule has 2 rings (SSSR count). The van der Waals surface area contributed by atoms with E-state index in [0.29, 0.717) is 12.0 Å². The van der Waals surface area contributed by atoms with Gasteiger partial charge in [0, 0.05) is 23.5 Å². The first-order chi connectivity index (χ1) is 11.3. The quantitative estimate of drug-likeness (QED) is 0.743. The van der Waals surface area contributed by atoms with Gasteiger partial charge in [0.15, 0.2) is 0 Å². The molecule has 0 aromatic carbocycles. The van der Waals surface area contributed by atoms with Crippen molar-refractivity contribution in [3.05, 3.63) is 47.9 Å². The highest BCUT2D eigenvalue weighted by molar-refractivity contribution is 5.76. The number of hydrogen-bond donors (Lipinski definition) is 1. The molecular formula is C21H29N3. The topological polar surface area (TPSA) is 37.8 Å². The zero-order valence-corrected chi connectivity index (χ0v) is 15.8. The molecular weight excluding hydrogens is 294 g/mol. The Balaban J connectivity index is 2.56. The molecule has 0 aliphatic carbocycles. The van der Waals surface area contributed by atoms with E-state index in [4.69, 9.17) is 4.98 Å². The van der Waals surface area contributed by atoms with Crippen molar-refractivity contribution >= 4 is 11.3 Å². The highest BCUT2D eigenvalue weighted by atomic mass is 14.9. The second-order valence-electron chi connectivity index (χ2n) is 6.95. The average molecular weight is 323 g/mol. The number of pyridine rings is 2. The lowest BCUT2D eigenvalue weighted by Crippen LogP contribution is -2.13. The molecule has 0 saturated heterocycles. The van der Waals surface area contributed by atoms with E-state index in [-0.39, 0.29) is 0 Å². The maximum Gasteiger partial charge on any atom is 0.0892 e. The standard InChI is InChI=1S/C21H29N3/c1-8-16-11-19(23-15(6)7)20(14(4)5)24-21(16)17-9-10-18(13(2)3)22-12-17/h9-13,15,23H,4,8H2,1-3,5-7H3. The summed E-state index contributed by atoms with van der Waals surface area (Å²) in [6, 6.07) is 6.79. The predicted molar refractivity (Wildman–Crippen MR) is 104 cm³/mol. The van der Waals surface area contributed by atoms with Crippen LogP contribution in [-0.2, 0) is 6.42 Å². The third-order valence-electron chi connectivity index (χ3n) is 3.98. The molecule has 0 aliphatic rings. The Morgan fingerprint density at radius 2 is 1.92 bits per heavy atom. The molecule has 0 saturated carbocycles. The Morgan fingerprint density at radius 1 is 1.21 bits per heavy atom. The van der Waals surface area contributed by atoms with Gasteiger partial charge in [0.05, 0.1) is 17.1 Å². The van der Waals surface area contributed by atoms with Crippen LogP contribution >= 0.6 is 0 Å². The summed E-state index contributed by atoms with van der Waals surface area (Å²) in [6.07, 6.45) is 2.87. The van der Waals surface area contributed by atoms with Gasteiger partial charge in [-0.3, -0.25) is 4.98 Å². The Labute approximate surface area is 146 Å². The molecule has 0 unspecified atom stereocenters. The number of hydrogen-bond acceptors (Lipinski definition) is 3. The maximum atomic E-state index is 4.94. The molecule has 2 heterocycles. The summed E-state index contributed by atoms with van der Waals surface area (Å²) in [5.74, 6) is 0.432. The van der Waals surface area contributed by atoms with Crippen LogP contribution in [0.4, 0.5) is 5.69 Å². The smallest absolute Gasteiger partial charge is 0.0892 e. The van der Waals surface area contributed by atoms with Crippen LogP contribution in [0.25, 0.3) is 16.8 Å². The molecule has 2 aromatic heterocycles. The largest absolute Gasteiger partial charge is 0.381 e. The van der Waals surface area contributed by atoms with Gasteiger partial charge in [-0.05, 0) is 62.4 Å². The second-order valence-corrected chi connectivity index (χ2v) is 6.95. The van der Waals surface area contributed by atoms with Crippen molar-refractivity contribution < 1.29 is 0 Å². The van der Waals surface area contributed by atoms with E-state index >= 15 is 0 Å². The normalized spacial score (nSPS) is 11.2. The van der Waals surface area contributed by atoms with Gasteiger partial charge in [-0.25, -0.2) is 4.98 Å². The number of aromatic nitrogens is 2. The van der Waals surface area contributed by atoms with Crippen LogP contribution in [0.3, 0.4) is 0 Å². The van der Waals surface area contributed by atoms with Crippen LogP contribution in [0.2, 0.25) is 0 Å². The molecule has 0 spiro atoms. The van der Waals surface area contributed by atoms with Crippen molar-refractivity contribution in [1.29, 1.82) is 0 Å². The van der Waals surface area contributed by atoms with Gasteiger partial charge in [0.1, 0.15) is 0 Å². The molecule has 24 heavy (non-hydrogen) atoms. The van der Waals surface area contributed by atoms with Crippen molar-refractivity contribution in [1.82, 2.24) is 9.97 Å². The van der Waals surface area contributed by atoms with Gasteiger partial charge < -0.3 is 5.32 Å². The third kappa shape index (κ3) is 4.02. The zero-order valence-electron chi connectivity index (χ0n) is 15.8. The first-order valence-electron chi connectivity index (χ1n) is 8.76. The van der Waals surface area contributed by atoms with Crippen molar-refractivity contribution in [2.45, 2.75) is 59.9 Å². The lowest BCUT2D eigenvalue weighted by Gasteiger charge is -2.18. The molecule has 1 N–H and O–H groups in total. The Hall–Kier alpha value is -2.16. The molecule has 0 radical (unpaired) electrons. The molecule has 0 atom stereocenters. The molecule has 0 fully saturated rings. The minimum atomic E-state index is 0.354. The third-order valence-corrected chi connectivity index (χ3v) is 3.98. The summed E-state index contributed by atoms with van der Waals surface area (Å²) in [4.78, 5) is 9.54. The van der Waals surface area contributed by atoms with Gasteiger partial charge in [0.2, 0.25) is 0 Å². The van der Waals surface area contributed by atoms with Gasteiger partial charge in [-0.15, -0.1) is 0 Å². The van der Waals surface area contributed by atoms with E-state index < -0.39 is 0 Å². The molecule has 0 bridgehead atoms. The van der Waals surface area contributed by atoms with Crippen molar-refractivity contribution in [2.75, 3.05) is 5.32 Å². The summed E-state index contributed by atoms with van der Waals surface area (Å²) in [6.45, 7) is 16.9. The number of anilines is 1. The fourth-order valence-corrected chi connectivity index (χ4v) is 2.71. The highest BCUT2D eigenvalue weighted by Crippen LogP contribution is 2.30. The molecule has 3 heteroatoms. The summed E-state index contributed by atoms with van der Waals surface area (Å²) in [5, 5.41) is 3.49. The number of rotatable bonds is 6. The van der Waals surface area contributed by atoms with E-state index in [1.807, 2.05) is 13.1 Å². The molecule has 2 aromatic rings. The van der Waals surface area contributed by atoms with E-state index in [0.717, 1.165) is 40.3 Å². The van der Waals surface area contributed by atoms with Gasteiger partial charge in [-0.2, -0.15) is 0 Å². The van der Waals surface area contributed by atoms with Gasteiger partial charge >= 0.3 is 0 Å². The maximum absolute atomic E-state index is 4.94. The van der Waals surface area contributed by atoms with E-state index in [9.17, 15) is 0 Å². The predicted octanol–water partition coefficient (Wildman–Crippen LogP) is 5.68. The van der Waals surface area contributed by atoms with Gasteiger partial charge in [-0.1, -0.05) is 27.4 Å². The summed E-state index contributed by atoms with van der Waals surface area (Å²) in [7, 11) is 0. The number of aryl methyl sites for hydroxylation is 1. The number of nitrogens with one attached hydrogen (secondary N) is 1. The molecule has 128 valence electrons. The van der Waals surface area contributed by atoms with Crippen molar-refractivity contribution in [3.63, 3.8) is 0 Å². The summed E-state index contributed by atoms with van der Waals surface area (Å²) >= 11 is 0. The van der Waals surface area contributed by atoms with Crippen LogP contribution in [0.1, 0.15) is 64.4 Å². The highest BCUT2D eigenvalue weighted by Gasteiger charge is 2.14. The van der Waals surface area contributed by atoms with Crippen LogP contribution in [0, 0.1) is 0 Å². The Bertz CT molecular complexity index is 713. The molecule has 0 amide bonds. The summed E-state index contributed by atoms with van der Waals surface area (Å²) in [5.41, 5.74) is 7.36.